The van der Waals surface area contributed by atoms with E-state index in [0.29, 0.717) is 5.15 Å². The van der Waals surface area contributed by atoms with Gasteiger partial charge in [0.15, 0.2) is 5.15 Å². The van der Waals surface area contributed by atoms with Crippen LogP contribution in [0.15, 0.2) is 48.9 Å². The van der Waals surface area contributed by atoms with Gasteiger partial charge in [-0.25, -0.2) is 9.97 Å². The fraction of sp³-hybridized carbons (Fsp3) is 0.0769. The Balaban J connectivity index is 2.07. The second kappa shape index (κ2) is 4.18. The molecule has 0 atom stereocenters. The van der Waals surface area contributed by atoms with Crippen LogP contribution in [0.3, 0.4) is 0 Å². The Morgan fingerprint density at radius 2 is 1.88 bits per heavy atom. The van der Waals surface area contributed by atoms with Crippen LogP contribution in [0.4, 0.5) is 0 Å². The minimum Gasteiger partial charge on any atom is -0.324 e. The lowest BCUT2D eigenvalue weighted by molar-refractivity contribution is 0.823. The summed E-state index contributed by atoms with van der Waals surface area (Å²) in [5.41, 5.74) is 2.98. The van der Waals surface area contributed by atoms with Gasteiger partial charge in [0.05, 0.1) is 11.8 Å². The first kappa shape index (κ1) is 10.3. The Bertz CT molecular complexity index is 646. The lowest BCUT2D eigenvalue weighted by Gasteiger charge is -2.04. The highest BCUT2D eigenvalue weighted by molar-refractivity contribution is 6.33. The topological polar surface area (TPSA) is 30.7 Å². The van der Waals surface area contributed by atoms with Gasteiger partial charge in [0.1, 0.15) is 5.52 Å². The van der Waals surface area contributed by atoms with Crippen LogP contribution < -0.4 is 0 Å². The number of rotatable bonds is 2. The van der Waals surface area contributed by atoms with Crippen LogP contribution in [0.2, 0.25) is 5.15 Å². The molecule has 2 heterocycles. The van der Waals surface area contributed by atoms with Crippen molar-refractivity contribution >= 4 is 22.6 Å². The molecule has 0 saturated heterocycles. The molecule has 0 radical (unpaired) electrons. The predicted octanol–water partition coefficient (Wildman–Crippen LogP) is 3.13. The van der Waals surface area contributed by atoms with Crippen LogP contribution >= 0.6 is 11.6 Å². The van der Waals surface area contributed by atoms with Crippen molar-refractivity contribution in [2.75, 3.05) is 0 Å². The molecule has 0 fully saturated rings. The van der Waals surface area contributed by atoms with E-state index in [-0.39, 0.29) is 0 Å². The normalized spacial score (nSPS) is 10.9. The molecule has 0 aliphatic heterocycles. The molecule has 0 aliphatic carbocycles. The second-order valence-corrected chi connectivity index (χ2v) is 4.19. The van der Waals surface area contributed by atoms with Gasteiger partial charge in [-0.15, -0.1) is 0 Å². The number of halogens is 1. The van der Waals surface area contributed by atoms with Crippen molar-refractivity contribution < 1.29 is 0 Å². The molecule has 0 N–H and O–H groups in total. The standard InChI is InChI=1S/C13H10ClN3/c14-13-12-11(6-7-15-13)16-9-17(12)8-10-4-2-1-3-5-10/h1-7,9H,8H2. The van der Waals surface area contributed by atoms with Gasteiger partial charge in [0.25, 0.3) is 0 Å². The molecular weight excluding hydrogens is 234 g/mol. The lowest BCUT2D eigenvalue weighted by atomic mass is 10.2. The highest BCUT2D eigenvalue weighted by atomic mass is 35.5. The molecule has 3 rings (SSSR count). The van der Waals surface area contributed by atoms with E-state index in [1.807, 2.05) is 28.8 Å². The molecule has 4 heteroatoms. The van der Waals surface area contributed by atoms with Gasteiger partial charge in [-0.3, -0.25) is 0 Å². The van der Waals surface area contributed by atoms with Gasteiger partial charge in [-0.2, -0.15) is 0 Å². The molecule has 84 valence electrons. The minimum atomic E-state index is 0.496. The maximum atomic E-state index is 6.10. The number of benzene rings is 1. The quantitative estimate of drug-likeness (QED) is 0.648. The summed E-state index contributed by atoms with van der Waals surface area (Å²) in [4.78, 5) is 8.40. The van der Waals surface area contributed by atoms with E-state index in [1.165, 1.54) is 5.56 Å². The number of nitrogens with zero attached hydrogens (tertiary/aromatic N) is 3. The first-order valence-electron chi connectivity index (χ1n) is 5.34. The minimum absolute atomic E-state index is 0.496. The van der Waals surface area contributed by atoms with Crippen LogP contribution in [0.1, 0.15) is 5.56 Å². The number of aromatic nitrogens is 3. The summed E-state index contributed by atoms with van der Waals surface area (Å²) in [5.74, 6) is 0. The molecule has 0 aliphatic rings. The zero-order chi connectivity index (χ0) is 11.7. The first-order valence-corrected chi connectivity index (χ1v) is 5.71. The van der Waals surface area contributed by atoms with Crippen molar-refractivity contribution in [2.24, 2.45) is 0 Å². The molecule has 0 spiro atoms. The molecule has 3 nitrogen and oxygen atoms in total. The Labute approximate surface area is 104 Å². The predicted molar refractivity (Wildman–Crippen MR) is 68.1 cm³/mol. The summed E-state index contributed by atoms with van der Waals surface area (Å²) in [7, 11) is 0. The average Bonchev–Trinajstić information content (AvgIpc) is 2.75. The average molecular weight is 244 g/mol. The third-order valence-corrected chi connectivity index (χ3v) is 2.95. The van der Waals surface area contributed by atoms with Crippen molar-refractivity contribution in [2.45, 2.75) is 6.54 Å². The van der Waals surface area contributed by atoms with Crippen LogP contribution in [-0.4, -0.2) is 14.5 Å². The van der Waals surface area contributed by atoms with E-state index in [9.17, 15) is 0 Å². The van der Waals surface area contributed by atoms with E-state index in [4.69, 9.17) is 11.6 Å². The van der Waals surface area contributed by atoms with Crippen LogP contribution in [0, 0.1) is 0 Å². The SMILES string of the molecule is Clc1nccc2ncn(Cc3ccccc3)c12. The number of hydrogen-bond acceptors (Lipinski definition) is 2. The Morgan fingerprint density at radius 3 is 2.71 bits per heavy atom. The first-order chi connectivity index (χ1) is 8.34. The van der Waals surface area contributed by atoms with Crippen molar-refractivity contribution in [1.29, 1.82) is 0 Å². The maximum Gasteiger partial charge on any atom is 0.154 e. The molecular formula is C13H10ClN3. The van der Waals surface area contributed by atoms with Crippen molar-refractivity contribution in [3.8, 4) is 0 Å². The lowest BCUT2D eigenvalue weighted by Crippen LogP contribution is -1.98. The molecule has 2 aromatic heterocycles. The Hall–Kier alpha value is -1.87. The molecule has 0 amide bonds. The number of imidazole rings is 1. The van der Waals surface area contributed by atoms with Gasteiger partial charge in [0, 0.05) is 12.7 Å². The summed E-state index contributed by atoms with van der Waals surface area (Å²) in [6.45, 7) is 0.753. The van der Waals surface area contributed by atoms with E-state index in [1.54, 1.807) is 12.5 Å². The van der Waals surface area contributed by atoms with Gasteiger partial charge in [-0.1, -0.05) is 41.9 Å². The van der Waals surface area contributed by atoms with Gasteiger partial charge in [-0.05, 0) is 11.6 Å². The zero-order valence-corrected chi connectivity index (χ0v) is 9.80. The maximum absolute atomic E-state index is 6.10. The van der Waals surface area contributed by atoms with Crippen molar-refractivity contribution in [1.82, 2.24) is 14.5 Å². The smallest absolute Gasteiger partial charge is 0.154 e. The third-order valence-electron chi connectivity index (χ3n) is 2.68. The largest absolute Gasteiger partial charge is 0.324 e. The number of fused-ring (bicyclic) bond motifs is 1. The van der Waals surface area contributed by atoms with E-state index >= 15 is 0 Å². The summed E-state index contributed by atoms with van der Waals surface area (Å²) < 4.78 is 2.01. The molecule has 0 bridgehead atoms. The zero-order valence-electron chi connectivity index (χ0n) is 9.05. The van der Waals surface area contributed by atoms with Crippen LogP contribution in [0.5, 0.6) is 0 Å². The summed E-state index contributed by atoms with van der Waals surface area (Å²) in [5, 5.41) is 0.496. The molecule has 0 saturated carbocycles. The molecule has 3 aromatic rings. The van der Waals surface area contributed by atoms with Crippen LogP contribution in [0.25, 0.3) is 11.0 Å². The van der Waals surface area contributed by atoms with Crippen LogP contribution in [-0.2, 0) is 6.54 Å². The second-order valence-electron chi connectivity index (χ2n) is 3.83. The highest BCUT2D eigenvalue weighted by Crippen LogP contribution is 2.20. The van der Waals surface area contributed by atoms with E-state index in [0.717, 1.165) is 17.6 Å². The van der Waals surface area contributed by atoms with Gasteiger partial charge >= 0.3 is 0 Å². The monoisotopic (exact) mass is 243 g/mol. The number of pyridine rings is 1. The Kier molecular flexibility index (Phi) is 2.53. The van der Waals surface area contributed by atoms with Gasteiger partial charge < -0.3 is 4.57 Å². The summed E-state index contributed by atoms with van der Waals surface area (Å²) >= 11 is 6.10. The van der Waals surface area contributed by atoms with Crippen molar-refractivity contribution in [3.63, 3.8) is 0 Å². The number of hydrogen-bond donors (Lipinski definition) is 0. The fourth-order valence-corrected chi connectivity index (χ4v) is 2.14. The Morgan fingerprint density at radius 1 is 1.06 bits per heavy atom. The van der Waals surface area contributed by atoms with Crippen molar-refractivity contribution in [3.05, 3.63) is 59.6 Å². The molecule has 0 unspecified atom stereocenters. The fourth-order valence-electron chi connectivity index (χ4n) is 1.88. The summed E-state index contributed by atoms with van der Waals surface area (Å²) in [6, 6.07) is 12.1. The highest BCUT2D eigenvalue weighted by Gasteiger charge is 2.07. The van der Waals surface area contributed by atoms with E-state index < -0.39 is 0 Å². The van der Waals surface area contributed by atoms with E-state index in [2.05, 4.69) is 22.1 Å². The van der Waals surface area contributed by atoms with Gasteiger partial charge in [0.2, 0.25) is 0 Å². The third kappa shape index (κ3) is 1.89. The molecule has 1 aromatic carbocycles. The summed E-state index contributed by atoms with van der Waals surface area (Å²) in [6.07, 6.45) is 3.47. The molecule has 17 heavy (non-hydrogen) atoms.